The molecule has 0 spiro atoms. The van der Waals surface area contributed by atoms with E-state index in [9.17, 15) is 9.18 Å². The molecule has 0 unspecified atom stereocenters. The molecular weight excluding hydrogens is 209 g/mol. The van der Waals surface area contributed by atoms with Crippen LogP contribution in [0.1, 0.15) is 28.9 Å². The van der Waals surface area contributed by atoms with Crippen molar-refractivity contribution in [2.45, 2.75) is 13.3 Å². The normalized spacial score (nSPS) is 10.4. The minimum atomic E-state index is -0.277. The Morgan fingerprint density at radius 2 is 2.06 bits per heavy atom. The molecule has 16 heavy (non-hydrogen) atoms. The number of halogens is 1. The van der Waals surface area contributed by atoms with Gasteiger partial charge in [0.05, 0.1) is 6.20 Å². The summed E-state index contributed by atoms with van der Waals surface area (Å²) in [5.41, 5.74) is 0.887. The van der Waals surface area contributed by atoms with Gasteiger partial charge in [-0.3, -0.25) is 4.79 Å². The summed E-state index contributed by atoms with van der Waals surface area (Å²) in [7, 11) is 0. The number of benzene rings is 1. The molecular formula is C12H10FNO2. The Labute approximate surface area is 91.9 Å². The minimum absolute atomic E-state index is 0.155. The topological polar surface area (TPSA) is 43.1 Å². The van der Waals surface area contributed by atoms with Crippen LogP contribution in [0.4, 0.5) is 4.39 Å². The van der Waals surface area contributed by atoms with Crippen LogP contribution in [-0.2, 0) is 6.42 Å². The van der Waals surface area contributed by atoms with E-state index in [1.54, 1.807) is 12.1 Å². The second kappa shape index (κ2) is 4.26. The van der Waals surface area contributed by atoms with E-state index in [-0.39, 0.29) is 17.4 Å². The summed E-state index contributed by atoms with van der Waals surface area (Å²) in [5, 5.41) is 0. The number of Topliss-reactive ketones (excluding diaryl/α,β-unsaturated/α-hetero) is 1. The zero-order valence-corrected chi connectivity index (χ0v) is 8.74. The zero-order valence-electron chi connectivity index (χ0n) is 8.74. The Balaban J connectivity index is 2.14. The fourth-order valence-corrected chi connectivity index (χ4v) is 1.33. The van der Waals surface area contributed by atoms with Gasteiger partial charge in [0.25, 0.3) is 0 Å². The summed E-state index contributed by atoms with van der Waals surface area (Å²) in [6, 6.07) is 6.08. The summed E-state index contributed by atoms with van der Waals surface area (Å²) in [6.45, 7) is 1.42. The highest BCUT2D eigenvalue weighted by atomic mass is 19.1. The standard InChI is InChI=1S/C12H10FNO2/c1-8(15)11-7-14-12(16-11)6-9-2-4-10(13)5-3-9/h2-5,7H,6H2,1H3. The maximum Gasteiger partial charge on any atom is 0.199 e. The smallest absolute Gasteiger partial charge is 0.199 e. The van der Waals surface area contributed by atoms with Gasteiger partial charge in [0.2, 0.25) is 0 Å². The first kappa shape index (κ1) is 10.5. The summed E-state index contributed by atoms with van der Waals surface area (Å²) < 4.78 is 17.9. The first-order valence-corrected chi connectivity index (χ1v) is 4.85. The molecule has 0 fully saturated rings. The van der Waals surface area contributed by atoms with Gasteiger partial charge in [-0.1, -0.05) is 12.1 Å². The van der Waals surface area contributed by atoms with Crippen molar-refractivity contribution in [1.82, 2.24) is 4.98 Å². The molecule has 1 heterocycles. The molecule has 0 aliphatic heterocycles. The molecule has 0 amide bonds. The third-order valence-corrected chi connectivity index (χ3v) is 2.17. The Morgan fingerprint density at radius 3 is 2.62 bits per heavy atom. The van der Waals surface area contributed by atoms with Crippen LogP contribution in [0.5, 0.6) is 0 Å². The number of aromatic nitrogens is 1. The van der Waals surface area contributed by atoms with Crippen LogP contribution in [0.25, 0.3) is 0 Å². The molecule has 2 rings (SSSR count). The lowest BCUT2D eigenvalue weighted by Gasteiger charge is -1.96. The van der Waals surface area contributed by atoms with E-state index < -0.39 is 0 Å². The van der Waals surface area contributed by atoms with Crippen molar-refractivity contribution in [2.75, 3.05) is 0 Å². The second-order valence-corrected chi connectivity index (χ2v) is 3.48. The number of ketones is 1. The van der Waals surface area contributed by atoms with Gasteiger partial charge in [-0.15, -0.1) is 0 Å². The number of carbonyl (C=O) groups excluding carboxylic acids is 1. The predicted molar refractivity (Wildman–Crippen MR) is 55.7 cm³/mol. The van der Waals surface area contributed by atoms with Gasteiger partial charge in [0.15, 0.2) is 17.4 Å². The molecule has 3 nitrogen and oxygen atoms in total. The van der Waals surface area contributed by atoms with Crippen LogP contribution in [0, 0.1) is 5.82 Å². The molecule has 0 radical (unpaired) electrons. The van der Waals surface area contributed by atoms with Crippen LogP contribution in [0.2, 0.25) is 0 Å². The lowest BCUT2D eigenvalue weighted by molar-refractivity contribution is 0.0985. The van der Waals surface area contributed by atoms with Crippen molar-refractivity contribution in [3.63, 3.8) is 0 Å². The van der Waals surface area contributed by atoms with Crippen LogP contribution in [0.3, 0.4) is 0 Å². The highest BCUT2D eigenvalue weighted by molar-refractivity contribution is 5.90. The molecule has 0 N–H and O–H groups in total. The fourth-order valence-electron chi connectivity index (χ4n) is 1.33. The lowest BCUT2D eigenvalue weighted by Crippen LogP contribution is -1.89. The number of hydrogen-bond donors (Lipinski definition) is 0. The summed E-state index contributed by atoms with van der Waals surface area (Å²) in [4.78, 5) is 14.9. The monoisotopic (exact) mass is 219 g/mol. The van der Waals surface area contributed by atoms with Gasteiger partial charge < -0.3 is 4.42 Å². The number of rotatable bonds is 3. The number of nitrogens with zero attached hydrogens (tertiary/aromatic N) is 1. The zero-order chi connectivity index (χ0) is 11.5. The molecule has 1 aromatic heterocycles. The average molecular weight is 219 g/mol. The van der Waals surface area contributed by atoms with Gasteiger partial charge in [-0.25, -0.2) is 9.37 Å². The Hall–Kier alpha value is -1.97. The first-order chi connectivity index (χ1) is 7.65. The van der Waals surface area contributed by atoms with Crippen molar-refractivity contribution in [3.05, 3.63) is 53.5 Å². The van der Waals surface area contributed by atoms with E-state index in [2.05, 4.69) is 4.98 Å². The van der Waals surface area contributed by atoms with Crippen LogP contribution in [0.15, 0.2) is 34.9 Å². The summed E-state index contributed by atoms with van der Waals surface area (Å²) in [6.07, 6.45) is 1.86. The van der Waals surface area contributed by atoms with Gasteiger partial charge in [-0.2, -0.15) is 0 Å². The van der Waals surface area contributed by atoms with E-state index in [0.717, 1.165) is 5.56 Å². The highest BCUT2D eigenvalue weighted by Crippen LogP contribution is 2.11. The molecule has 0 aliphatic rings. The molecule has 0 aliphatic carbocycles. The highest BCUT2D eigenvalue weighted by Gasteiger charge is 2.08. The van der Waals surface area contributed by atoms with Gasteiger partial charge in [-0.05, 0) is 17.7 Å². The van der Waals surface area contributed by atoms with E-state index in [1.165, 1.54) is 25.3 Å². The Morgan fingerprint density at radius 1 is 1.38 bits per heavy atom. The first-order valence-electron chi connectivity index (χ1n) is 4.85. The van der Waals surface area contributed by atoms with Crippen molar-refractivity contribution < 1.29 is 13.6 Å². The van der Waals surface area contributed by atoms with Crippen molar-refractivity contribution >= 4 is 5.78 Å². The molecule has 0 atom stereocenters. The molecule has 82 valence electrons. The number of carbonyl (C=O) groups is 1. The predicted octanol–water partition coefficient (Wildman–Crippen LogP) is 2.61. The molecule has 1 aromatic carbocycles. The van der Waals surface area contributed by atoms with Crippen molar-refractivity contribution in [3.8, 4) is 0 Å². The Kier molecular flexibility index (Phi) is 2.81. The fraction of sp³-hybridized carbons (Fsp3) is 0.167. The maximum absolute atomic E-state index is 12.7. The Bertz CT molecular complexity index is 502. The molecule has 4 heteroatoms. The third-order valence-electron chi connectivity index (χ3n) is 2.17. The maximum atomic E-state index is 12.7. The molecule has 2 aromatic rings. The van der Waals surface area contributed by atoms with Gasteiger partial charge in [0, 0.05) is 13.3 Å². The molecule has 0 saturated heterocycles. The van der Waals surface area contributed by atoms with Gasteiger partial charge >= 0.3 is 0 Å². The third kappa shape index (κ3) is 2.34. The summed E-state index contributed by atoms with van der Waals surface area (Å²) >= 11 is 0. The SMILES string of the molecule is CC(=O)c1cnc(Cc2ccc(F)cc2)o1. The average Bonchev–Trinajstić information content (AvgIpc) is 2.70. The number of oxazole rings is 1. The molecule has 0 bridgehead atoms. The largest absolute Gasteiger partial charge is 0.437 e. The second-order valence-electron chi connectivity index (χ2n) is 3.48. The molecule has 0 saturated carbocycles. The van der Waals surface area contributed by atoms with E-state index in [1.807, 2.05) is 0 Å². The quantitative estimate of drug-likeness (QED) is 0.745. The van der Waals surface area contributed by atoms with E-state index >= 15 is 0 Å². The van der Waals surface area contributed by atoms with Crippen LogP contribution < -0.4 is 0 Å². The van der Waals surface area contributed by atoms with Crippen molar-refractivity contribution in [1.29, 1.82) is 0 Å². The lowest BCUT2D eigenvalue weighted by atomic mass is 10.1. The van der Waals surface area contributed by atoms with E-state index in [4.69, 9.17) is 4.42 Å². The summed E-state index contributed by atoms with van der Waals surface area (Å²) in [5.74, 6) is 0.271. The van der Waals surface area contributed by atoms with Crippen molar-refractivity contribution in [2.24, 2.45) is 0 Å². The van der Waals surface area contributed by atoms with Crippen LogP contribution in [-0.4, -0.2) is 10.8 Å². The van der Waals surface area contributed by atoms with E-state index in [0.29, 0.717) is 12.3 Å². The number of hydrogen-bond acceptors (Lipinski definition) is 3. The minimum Gasteiger partial charge on any atom is -0.437 e. The van der Waals surface area contributed by atoms with Gasteiger partial charge in [0.1, 0.15) is 5.82 Å². The van der Waals surface area contributed by atoms with Crippen LogP contribution >= 0.6 is 0 Å².